The van der Waals surface area contributed by atoms with Gasteiger partial charge in [0.15, 0.2) is 16.1 Å². The summed E-state index contributed by atoms with van der Waals surface area (Å²) >= 11 is 0. The van der Waals surface area contributed by atoms with Crippen LogP contribution in [0.25, 0.3) is 0 Å². The molecule has 1 aliphatic carbocycles. The van der Waals surface area contributed by atoms with Gasteiger partial charge in [-0.05, 0) is 79.7 Å². The normalized spacial score (nSPS) is 22.8. The molecule has 1 fully saturated rings. The van der Waals surface area contributed by atoms with E-state index in [2.05, 4.69) is 42.6 Å². The number of methoxy groups -OCH3 is 2. The molecule has 0 aromatic heterocycles. The summed E-state index contributed by atoms with van der Waals surface area (Å²) < 4.78 is 36.0. The summed E-state index contributed by atoms with van der Waals surface area (Å²) in [6.45, 7) is 9.17. The van der Waals surface area contributed by atoms with Crippen molar-refractivity contribution in [2.24, 2.45) is 16.3 Å². The number of carbonyl (C=O) groups is 2. The van der Waals surface area contributed by atoms with E-state index in [0.29, 0.717) is 11.5 Å². The molecular formula is C36H51N3O6S. The maximum absolute atomic E-state index is 12.9. The van der Waals surface area contributed by atoms with E-state index in [1.807, 2.05) is 30.3 Å². The Labute approximate surface area is 275 Å². The second-order valence-corrected chi connectivity index (χ2v) is 16.0. The lowest BCUT2D eigenvalue weighted by Crippen LogP contribution is -2.53. The van der Waals surface area contributed by atoms with Gasteiger partial charge in [-0.1, -0.05) is 58.4 Å². The van der Waals surface area contributed by atoms with E-state index in [1.165, 1.54) is 13.4 Å². The standard InChI is InChI=1S/C36H51N3O6S/c1-8-25-16-21-36(22-17-25)38-32(28-10-9-11-29(24-28)46(7,42)43)34(45-6)39(36)30(18-20-35(2,3)4)26-12-14-27(15-13-26)33(41)37-23-19-31(40)44-5/h9-15,24-25,30,34H,8,16-23H2,1-7H3,(H,37,41). The van der Waals surface area contributed by atoms with Crippen molar-refractivity contribution in [1.82, 2.24) is 10.2 Å². The van der Waals surface area contributed by atoms with Crippen molar-refractivity contribution in [1.29, 1.82) is 0 Å². The summed E-state index contributed by atoms with van der Waals surface area (Å²) in [7, 11) is -0.380. The molecule has 46 heavy (non-hydrogen) atoms. The summed E-state index contributed by atoms with van der Waals surface area (Å²) in [5.74, 6) is 0.0249. The molecule has 2 aliphatic rings. The van der Waals surface area contributed by atoms with Gasteiger partial charge in [-0.2, -0.15) is 0 Å². The molecule has 0 bridgehead atoms. The highest BCUT2D eigenvalue weighted by atomic mass is 32.2. The Morgan fingerprint density at radius 1 is 1.09 bits per heavy atom. The van der Waals surface area contributed by atoms with E-state index in [0.717, 1.165) is 61.8 Å². The fourth-order valence-corrected chi connectivity index (χ4v) is 7.42. The molecule has 2 aromatic rings. The van der Waals surface area contributed by atoms with Crippen molar-refractivity contribution in [2.45, 2.75) is 102 Å². The Kier molecular flexibility index (Phi) is 11.5. The van der Waals surface area contributed by atoms with Gasteiger partial charge >= 0.3 is 5.97 Å². The minimum Gasteiger partial charge on any atom is -0.469 e. The molecule has 1 amide bonds. The van der Waals surface area contributed by atoms with Crippen LogP contribution >= 0.6 is 0 Å². The quantitative estimate of drug-likeness (QED) is 0.267. The molecule has 252 valence electrons. The largest absolute Gasteiger partial charge is 0.469 e. The maximum atomic E-state index is 12.9. The lowest BCUT2D eigenvalue weighted by molar-refractivity contribution is -0.140. The van der Waals surface area contributed by atoms with Crippen molar-refractivity contribution in [2.75, 3.05) is 27.0 Å². The van der Waals surface area contributed by atoms with Crippen LogP contribution in [0.2, 0.25) is 0 Å². The van der Waals surface area contributed by atoms with Gasteiger partial charge in [-0.25, -0.2) is 13.3 Å². The van der Waals surface area contributed by atoms with Gasteiger partial charge in [0.05, 0.1) is 24.1 Å². The van der Waals surface area contributed by atoms with Crippen molar-refractivity contribution in [3.63, 3.8) is 0 Å². The monoisotopic (exact) mass is 653 g/mol. The fourth-order valence-electron chi connectivity index (χ4n) is 6.75. The van der Waals surface area contributed by atoms with Crippen LogP contribution in [0.3, 0.4) is 0 Å². The first kappa shape index (κ1) is 35.8. The summed E-state index contributed by atoms with van der Waals surface area (Å²) in [5.41, 5.74) is 2.67. The fraction of sp³-hybridized carbons (Fsp3) is 0.583. The van der Waals surface area contributed by atoms with Gasteiger partial charge < -0.3 is 14.8 Å². The van der Waals surface area contributed by atoms with Crippen LogP contribution in [-0.4, -0.2) is 69.8 Å². The molecular weight excluding hydrogens is 602 g/mol. The third-order valence-corrected chi connectivity index (χ3v) is 10.6. The van der Waals surface area contributed by atoms with Crippen LogP contribution in [0.15, 0.2) is 58.4 Å². The number of carbonyl (C=O) groups excluding carboxylic acids is 2. The molecule has 1 N–H and O–H groups in total. The van der Waals surface area contributed by atoms with Gasteiger partial charge in [-0.15, -0.1) is 0 Å². The van der Waals surface area contributed by atoms with Gasteiger partial charge in [0.1, 0.15) is 5.66 Å². The highest BCUT2D eigenvalue weighted by Gasteiger charge is 2.53. The highest BCUT2D eigenvalue weighted by Crippen LogP contribution is 2.49. The Balaban J connectivity index is 1.75. The van der Waals surface area contributed by atoms with Crippen LogP contribution in [0, 0.1) is 11.3 Å². The van der Waals surface area contributed by atoms with Gasteiger partial charge in [0, 0.05) is 37.1 Å². The first-order valence-electron chi connectivity index (χ1n) is 16.4. The molecule has 2 aromatic carbocycles. The molecule has 4 rings (SSSR count). The van der Waals surface area contributed by atoms with Gasteiger partial charge in [-0.3, -0.25) is 14.6 Å². The van der Waals surface area contributed by atoms with E-state index < -0.39 is 21.7 Å². The van der Waals surface area contributed by atoms with E-state index in [4.69, 9.17) is 9.73 Å². The smallest absolute Gasteiger partial charge is 0.307 e. The lowest BCUT2D eigenvalue weighted by atomic mass is 9.78. The number of hydrogen-bond donors (Lipinski definition) is 1. The maximum Gasteiger partial charge on any atom is 0.307 e. The molecule has 0 radical (unpaired) electrons. The number of rotatable bonds is 12. The number of benzene rings is 2. The number of sulfone groups is 1. The molecule has 1 saturated carbocycles. The number of aliphatic imine (C=N–C) groups is 1. The second-order valence-electron chi connectivity index (χ2n) is 13.9. The van der Waals surface area contributed by atoms with Crippen LogP contribution in [0.4, 0.5) is 0 Å². The van der Waals surface area contributed by atoms with E-state index in [1.54, 1.807) is 25.3 Å². The van der Waals surface area contributed by atoms with Crippen molar-refractivity contribution in [3.8, 4) is 0 Å². The van der Waals surface area contributed by atoms with E-state index in [9.17, 15) is 18.0 Å². The summed E-state index contributed by atoms with van der Waals surface area (Å²) in [4.78, 5) is 32.5. The van der Waals surface area contributed by atoms with Crippen LogP contribution in [-0.2, 0) is 24.1 Å². The van der Waals surface area contributed by atoms with Crippen LogP contribution in [0.5, 0.6) is 0 Å². The predicted octanol–water partition coefficient (Wildman–Crippen LogP) is 6.32. The summed E-state index contributed by atoms with van der Waals surface area (Å²) in [6.07, 6.45) is 7.65. The minimum absolute atomic E-state index is 0.0712. The zero-order chi connectivity index (χ0) is 33.7. The molecule has 1 heterocycles. The Morgan fingerprint density at radius 2 is 1.76 bits per heavy atom. The van der Waals surface area contributed by atoms with Crippen LogP contribution < -0.4 is 5.32 Å². The lowest BCUT2D eigenvalue weighted by Gasteiger charge is -2.47. The molecule has 10 heteroatoms. The topological polar surface area (TPSA) is 114 Å². The van der Waals surface area contributed by atoms with Crippen LogP contribution in [0.1, 0.15) is 107 Å². The van der Waals surface area contributed by atoms with Gasteiger partial charge in [0.25, 0.3) is 5.91 Å². The number of esters is 1. The average Bonchev–Trinajstić information content (AvgIpc) is 3.34. The van der Waals surface area contributed by atoms with Crippen molar-refractivity contribution < 1.29 is 27.5 Å². The first-order chi connectivity index (χ1) is 21.7. The van der Waals surface area contributed by atoms with Crippen molar-refractivity contribution >= 4 is 27.4 Å². The predicted molar refractivity (Wildman–Crippen MR) is 181 cm³/mol. The third kappa shape index (κ3) is 8.44. The molecule has 1 aliphatic heterocycles. The Morgan fingerprint density at radius 3 is 2.33 bits per heavy atom. The highest BCUT2D eigenvalue weighted by molar-refractivity contribution is 7.90. The first-order valence-corrected chi connectivity index (χ1v) is 18.3. The minimum atomic E-state index is -3.41. The number of amides is 1. The number of ether oxygens (including phenoxy) is 2. The van der Waals surface area contributed by atoms with Gasteiger partial charge in [0.2, 0.25) is 0 Å². The van der Waals surface area contributed by atoms with E-state index >= 15 is 0 Å². The molecule has 2 unspecified atom stereocenters. The zero-order valence-corrected chi connectivity index (χ0v) is 29.3. The average molecular weight is 654 g/mol. The molecule has 1 spiro atoms. The Bertz CT molecular complexity index is 1500. The number of hydrogen-bond acceptors (Lipinski definition) is 8. The third-order valence-electron chi connectivity index (χ3n) is 9.46. The zero-order valence-electron chi connectivity index (χ0n) is 28.5. The number of nitrogens with zero attached hydrogens (tertiary/aromatic N) is 2. The SMILES string of the molecule is CCC1CCC2(CC1)N=C(c1cccc(S(C)(=O)=O)c1)C(OC)N2C(CCC(C)(C)C)c1ccc(C(=O)NCCC(=O)OC)cc1. The summed E-state index contributed by atoms with van der Waals surface area (Å²) in [5, 5.41) is 2.79. The molecule has 0 saturated heterocycles. The summed E-state index contributed by atoms with van der Waals surface area (Å²) in [6, 6.07) is 14.7. The molecule has 9 nitrogen and oxygen atoms in total. The van der Waals surface area contributed by atoms with Crippen molar-refractivity contribution in [3.05, 3.63) is 65.2 Å². The Hall–Kier alpha value is -3.08. The number of nitrogens with one attached hydrogen (secondary N) is 1. The second kappa shape index (κ2) is 14.8. The molecule has 2 atom stereocenters. The van der Waals surface area contributed by atoms with E-state index in [-0.39, 0.29) is 41.2 Å².